The summed E-state index contributed by atoms with van der Waals surface area (Å²) in [4.78, 5) is 26.7. The Hall–Kier alpha value is -2.32. The van der Waals surface area contributed by atoms with Crippen LogP contribution in [0.4, 0.5) is 13.2 Å². The SMILES string of the molecule is CC(C)C[C@@H](NC(=O)c1cccc(OCC(F)(F)F)n1)C(=O)O. The Morgan fingerprint density at radius 1 is 1.35 bits per heavy atom. The van der Waals surface area contributed by atoms with Gasteiger partial charge >= 0.3 is 12.1 Å². The maximum Gasteiger partial charge on any atom is 0.422 e. The summed E-state index contributed by atoms with van der Waals surface area (Å²) in [7, 11) is 0. The van der Waals surface area contributed by atoms with Gasteiger partial charge in [-0.1, -0.05) is 19.9 Å². The van der Waals surface area contributed by atoms with Crippen LogP contribution in [-0.4, -0.2) is 40.8 Å². The third-order valence-corrected chi connectivity index (χ3v) is 2.65. The van der Waals surface area contributed by atoms with Gasteiger partial charge in [-0.05, 0) is 18.4 Å². The van der Waals surface area contributed by atoms with Crippen molar-refractivity contribution in [2.75, 3.05) is 6.61 Å². The van der Waals surface area contributed by atoms with Crippen molar-refractivity contribution in [2.45, 2.75) is 32.5 Å². The Balaban J connectivity index is 2.77. The molecule has 0 aliphatic heterocycles. The van der Waals surface area contributed by atoms with Crippen LogP contribution in [0.25, 0.3) is 0 Å². The smallest absolute Gasteiger partial charge is 0.422 e. The molecular formula is C14H17F3N2O4. The van der Waals surface area contributed by atoms with Gasteiger partial charge in [-0.2, -0.15) is 13.2 Å². The van der Waals surface area contributed by atoms with Gasteiger partial charge in [0, 0.05) is 6.07 Å². The number of carboxylic acids is 1. The van der Waals surface area contributed by atoms with Gasteiger partial charge in [0.1, 0.15) is 11.7 Å². The number of carbonyl (C=O) groups is 2. The van der Waals surface area contributed by atoms with Crippen LogP contribution >= 0.6 is 0 Å². The molecule has 1 atom stereocenters. The van der Waals surface area contributed by atoms with Crippen LogP contribution in [0.3, 0.4) is 0 Å². The molecule has 23 heavy (non-hydrogen) atoms. The first-order valence-electron chi connectivity index (χ1n) is 6.78. The Morgan fingerprint density at radius 2 is 2.00 bits per heavy atom. The second-order valence-electron chi connectivity index (χ2n) is 5.26. The van der Waals surface area contributed by atoms with E-state index in [1.54, 1.807) is 13.8 Å². The maximum absolute atomic E-state index is 12.1. The molecule has 0 aromatic carbocycles. The molecule has 0 aliphatic carbocycles. The molecule has 6 nitrogen and oxygen atoms in total. The molecule has 9 heteroatoms. The number of pyridine rings is 1. The zero-order valence-corrected chi connectivity index (χ0v) is 12.6. The number of halogens is 3. The number of carbonyl (C=O) groups excluding carboxylic acids is 1. The molecule has 0 unspecified atom stereocenters. The third-order valence-electron chi connectivity index (χ3n) is 2.65. The number of aliphatic carboxylic acids is 1. The largest absolute Gasteiger partial charge is 0.480 e. The Kier molecular flexibility index (Phi) is 6.35. The van der Waals surface area contributed by atoms with E-state index in [9.17, 15) is 22.8 Å². The van der Waals surface area contributed by atoms with Crippen LogP contribution < -0.4 is 10.1 Å². The van der Waals surface area contributed by atoms with E-state index in [0.29, 0.717) is 0 Å². The lowest BCUT2D eigenvalue weighted by molar-refractivity contribution is -0.154. The lowest BCUT2D eigenvalue weighted by atomic mass is 10.0. The molecule has 1 rings (SSSR count). The van der Waals surface area contributed by atoms with Crippen LogP contribution in [-0.2, 0) is 4.79 Å². The predicted molar refractivity (Wildman–Crippen MR) is 74.1 cm³/mol. The fraction of sp³-hybridized carbons (Fsp3) is 0.500. The zero-order chi connectivity index (χ0) is 17.6. The number of amides is 1. The highest BCUT2D eigenvalue weighted by atomic mass is 19.4. The predicted octanol–water partition coefficient (Wildman–Crippen LogP) is 2.25. The van der Waals surface area contributed by atoms with Gasteiger partial charge in [-0.25, -0.2) is 9.78 Å². The summed E-state index contributed by atoms with van der Waals surface area (Å²) in [6, 6.07) is 2.62. The molecule has 128 valence electrons. The van der Waals surface area contributed by atoms with Crippen molar-refractivity contribution >= 4 is 11.9 Å². The van der Waals surface area contributed by atoms with Crippen molar-refractivity contribution in [3.63, 3.8) is 0 Å². The van der Waals surface area contributed by atoms with Gasteiger partial charge in [0.05, 0.1) is 0 Å². The van der Waals surface area contributed by atoms with Crippen LogP contribution in [0.15, 0.2) is 18.2 Å². The fourth-order valence-electron chi connectivity index (χ4n) is 1.70. The maximum atomic E-state index is 12.1. The first-order chi connectivity index (χ1) is 10.6. The Labute approximate surface area is 130 Å². The summed E-state index contributed by atoms with van der Waals surface area (Å²) < 4.78 is 40.7. The molecule has 0 spiro atoms. The second kappa shape index (κ2) is 7.80. The van der Waals surface area contributed by atoms with E-state index in [1.807, 2.05) is 0 Å². The number of nitrogens with zero attached hydrogens (tertiary/aromatic N) is 1. The number of aromatic nitrogens is 1. The van der Waals surface area contributed by atoms with E-state index in [4.69, 9.17) is 5.11 Å². The van der Waals surface area contributed by atoms with Crippen molar-refractivity contribution < 1.29 is 32.6 Å². The van der Waals surface area contributed by atoms with Crippen LogP contribution in [0.2, 0.25) is 0 Å². The molecule has 1 heterocycles. The van der Waals surface area contributed by atoms with Gasteiger partial charge in [-0.15, -0.1) is 0 Å². The highest BCUT2D eigenvalue weighted by Crippen LogP contribution is 2.17. The molecule has 0 bridgehead atoms. The second-order valence-corrected chi connectivity index (χ2v) is 5.26. The molecular weight excluding hydrogens is 317 g/mol. The minimum absolute atomic E-state index is 0.0332. The molecule has 0 saturated heterocycles. The highest BCUT2D eigenvalue weighted by molar-refractivity contribution is 5.95. The molecule has 1 amide bonds. The number of nitrogens with one attached hydrogen (secondary N) is 1. The number of ether oxygens (including phenoxy) is 1. The standard InChI is InChI=1S/C14H17F3N2O4/c1-8(2)6-10(13(21)22)19-12(20)9-4-3-5-11(18-9)23-7-14(15,16)17/h3-5,8,10H,6-7H2,1-2H3,(H,19,20)(H,21,22)/t10-/m1/s1. The van der Waals surface area contributed by atoms with Gasteiger partial charge < -0.3 is 15.2 Å². The number of rotatable bonds is 7. The van der Waals surface area contributed by atoms with E-state index in [0.717, 1.165) is 0 Å². The monoisotopic (exact) mass is 334 g/mol. The van der Waals surface area contributed by atoms with E-state index < -0.39 is 30.7 Å². The third kappa shape index (κ3) is 6.98. The molecule has 2 N–H and O–H groups in total. The minimum atomic E-state index is -4.52. The van der Waals surface area contributed by atoms with Crippen molar-refractivity contribution in [3.05, 3.63) is 23.9 Å². The molecule has 0 radical (unpaired) electrons. The molecule has 0 fully saturated rings. The van der Waals surface area contributed by atoms with Crippen LogP contribution in [0.5, 0.6) is 5.88 Å². The number of hydrogen-bond donors (Lipinski definition) is 2. The fourth-order valence-corrected chi connectivity index (χ4v) is 1.70. The van der Waals surface area contributed by atoms with Crippen molar-refractivity contribution in [1.29, 1.82) is 0 Å². The lowest BCUT2D eigenvalue weighted by Gasteiger charge is -2.16. The highest BCUT2D eigenvalue weighted by Gasteiger charge is 2.29. The molecule has 0 aliphatic rings. The molecule has 1 aromatic rings. The van der Waals surface area contributed by atoms with Crippen molar-refractivity contribution in [3.8, 4) is 5.88 Å². The average Bonchev–Trinajstić information content (AvgIpc) is 2.43. The summed E-state index contributed by atoms with van der Waals surface area (Å²) in [5.41, 5.74) is -0.223. The van der Waals surface area contributed by atoms with Gasteiger partial charge in [0.15, 0.2) is 6.61 Å². The summed E-state index contributed by atoms with van der Waals surface area (Å²) in [5, 5.41) is 11.3. The summed E-state index contributed by atoms with van der Waals surface area (Å²) in [6.07, 6.45) is -4.31. The topological polar surface area (TPSA) is 88.5 Å². The number of hydrogen-bond acceptors (Lipinski definition) is 4. The Bertz CT molecular complexity index is 561. The van der Waals surface area contributed by atoms with Crippen LogP contribution in [0.1, 0.15) is 30.8 Å². The van der Waals surface area contributed by atoms with E-state index >= 15 is 0 Å². The Morgan fingerprint density at radius 3 is 2.52 bits per heavy atom. The van der Waals surface area contributed by atoms with Crippen LogP contribution in [0, 0.1) is 5.92 Å². The van der Waals surface area contributed by atoms with Crippen molar-refractivity contribution in [1.82, 2.24) is 10.3 Å². The normalized spacial score (nSPS) is 12.8. The number of alkyl halides is 3. The minimum Gasteiger partial charge on any atom is -0.480 e. The zero-order valence-electron chi connectivity index (χ0n) is 12.6. The van der Waals surface area contributed by atoms with E-state index in [2.05, 4.69) is 15.0 Å². The summed E-state index contributed by atoms with van der Waals surface area (Å²) >= 11 is 0. The molecule has 0 saturated carbocycles. The van der Waals surface area contributed by atoms with Crippen molar-refractivity contribution in [2.24, 2.45) is 5.92 Å². The average molecular weight is 334 g/mol. The molecule has 1 aromatic heterocycles. The quantitative estimate of drug-likeness (QED) is 0.798. The number of carboxylic acid groups (broad SMARTS) is 1. The summed E-state index contributed by atoms with van der Waals surface area (Å²) in [5.74, 6) is -2.33. The van der Waals surface area contributed by atoms with E-state index in [-0.39, 0.29) is 23.9 Å². The summed E-state index contributed by atoms with van der Waals surface area (Å²) in [6.45, 7) is 2.06. The first kappa shape index (κ1) is 18.7. The van der Waals surface area contributed by atoms with Gasteiger partial charge in [0.2, 0.25) is 5.88 Å². The van der Waals surface area contributed by atoms with E-state index in [1.165, 1.54) is 18.2 Å². The first-order valence-corrected chi connectivity index (χ1v) is 6.78. The van der Waals surface area contributed by atoms with Gasteiger partial charge in [0.25, 0.3) is 5.91 Å². The lowest BCUT2D eigenvalue weighted by Crippen LogP contribution is -2.41. The van der Waals surface area contributed by atoms with Gasteiger partial charge in [-0.3, -0.25) is 4.79 Å².